The van der Waals surface area contributed by atoms with Crippen molar-refractivity contribution in [3.05, 3.63) is 35.1 Å². The van der Waals surface area contributed by atoms with Crippen LogP contribution in [0.3, 0.4) is 0 Å². The number of halogens is 1. The maximum atomic E-state index is 12.7. The van der Waals surface area contributed by atoms with E-state index in [1.165, 1.54) is 6.07 Å². The summed E-state index contributed by atoms with van der Waals surface area (Å²) in [6.45, 7) is 1.59. The quantitative estimate of drug-likeness (QED) is 0.628. The maximum absolute atomic E-state index is 12.7. The highest BCUT2D eigenvalue weighted by Gasteiger charge is 1.96. The molecule has 0 bridgehead atoms. The van der Waals surface area contributed by atoms with Gasteiger partial charge < -0.3 is 5.11 Å². The molecule has 0 aromatic heterocycles. The summed E-state index contributed by atoms with van der Waals surface area (Å²) in [5.74, 6) is -0.258. The van der Waals surface area contributed by atoms with Gasteiger partial charge in [0.15, 0.2) is 0 Å². The Balaban J connectivity index is 3.04. The standard InChI is InChI=1S/C8H9FO/c1-6-2-3-7(5-10)4-8(6)9/h2-4,10H,5H2,1H3. The highest BCUT2D eigenvalue weighted by atomic mass is 19.1. The average Bonchev–Trinajstić information content (AvgIpc) is 1.95. The predicted molar refractivity (Wildman–Crippen MR) is 37.1 cm³/mol. The number of aryl methyl sites for hydroxylation is 1. The molecule has 0 saturated heterocycles. The number of benzene rings is 1. The van der Waals surface area contributed by atoms with E-state index >= 15 is 0 Å². The van der Waals surface area contributed by atoms with Crippen molar-refractivity contribution in [2.75, 3.05) is 0 Å². The van der Waals surface area contributed by atoms with Crippen LogP contribution in [0.15, 0.2) is 18.2 Å². The molecule has 1 aromatic rings. The first kappa shape index (κ1) is 7.22. The lowest BCUT2D eigenvalue weighted by atomic mass is 10.1. The van der Waals surface area contributed by atoms with Crippen LogP contribution < -0.4 is 0 Å². The molecule has 1 aromatic carbocycles. The molecule has 0 spiro atoms. The average molecular weight is 140 g/mol. The van der Waals surface area contributed by atoms with Crippen LogP contribution in [0, 0.1) is 12.7 Å². The van der Waals surface area contributed by atoms with Gasteiger partial charge in [-0.3, -0.25) is 0 Å². The van der Waals surface area contributed by atoms with E-state index in [4.69, 9.17) is 5.11 Å². The molecule has 0 heterocycles. The molecule has 1 rings (SSSR count). The first-order valence-electron chi connectivity index (χ1n) is 3.10. The number of aliphatic hydroxyl groups excluding tert-OH is 1. The Morgan fingerprint density at radius 1 is 1.50 bits per heavy atom. The first-order chi connectivity index (χ1) is 4.74. The fraction of sp³-hybridized carbons (Fsp3) is 0.250. The molecule has 1 nitrogen and oxygen atoms in total. The molecule has 0 radical (unpaired) electrons. The van der Waals surface area contributed by atoms with Gasteiger partial charge in [0.25, 0.3) is 0 Å². The van der Waals surface area contributed by atoms with Crippen molar-refractivity contribution in [3.8, 4) is 0 Å². The zero-order valence-corrected chi connectivity index (χ0v) is 5.76. The fourth-order valence-electron chi connectivity index (χ4n) is 0.735. The van der Waals surface area contributed by atoms with Crippen molar-refractivity contribution in [1.82, 2.24) is 0 Å². The van der Waals surface area contributed by atoms with Gasteiger partial charge in [-0.15, -0.1) is 0 Å². The first-order valence-corrected chi connectivity index (χ1v) is 3.10. The van der Waals surface area contributed by atoms with Gasteiger partial charge in [-0.1, -0.05) is 12.1 Å². The van der Waals surface area contributed by atoms with Crippen LogP contribution in [-0.4, -0.2) is 5.11 Å². The van der Waals surface area contributed by atoms with Gasteiger partial charge in [-0.05, 0) is 24.1 Å². The SMILES string of the molecule is Cc1ccc(CO)cc1F. The van der Waals surface area contributed by atoms with Crippen LogP contribution in [0.5, 0.6) is 0 Å². The van der Waals surface area contributed by atoms with Gasteiger partial charge in [-0.25, -0.2) is 4.39 Å². The topological polar surface area (TPSA) is 20.2 Å². The number of aliphatic hydroxyl groups is 1. The molecular formula is C8H9FO. The minimum atomic E-state index is -0.258. The number of rotatable bonds is 1. The molecule has 54 valence electrons. The van der Waals surface area contributed by atoms with Crippen LogP contribution in [0.4, 0.5) is 4.39 Å². The van der Waals surface area contributed by atoms with Crippen LogP contribution in [-0.2, 0) is 6.61 Å². The molecule has 0 aliphatic heterocycles. The van der Waals surface area contributed by atoms with E-state index in [1.807, 2.05) is 0 Å². The van der Waals surface area contributed by atoms with Gasteiger partial charge in [0, 0.05) is 0 Å². The molecule has 0 fully saturated rings. The summed E-state index contributed by atoms with van der Waals surface area (Å²) >= 11 is 0. The maximum Gasteiger partial charge on any atom is 0.126 e. The normalized spacial score (nSPS) is 9.90. The van der Waals surface area contributed by atoms with E-state index in [1.54, 1.807) is 19.1 Å². The van der Waals surface area contributed by atoms with Crippen LogP contribution in [0.1, 0.15) is 11.1 Å². The second-order valence-corrected chi connectivity index (χ2v) is 2.24. The Kier molecular flexibility index (Phi) is 2.02. The van der Waals surface area contributed by atoms with Crippen LogP contribution >= 0.6 is 0 Å². The summed E-state index contributed by atoms with van der Waals surface area (Å²) in [6.07, 6.45) is 0. The number of hydrogen-bond acceptors (Lipinski definition) is 1. The molecule has 0 aliphatic rings. The van der Waals surface area contributed by atoms with E-state index in [0.29, 0.717) is 11.1 Å². The number of hydrogen-bond donors (Lipinski definition) is 1. The second-order valence-electron chi connectivity index (χ2n) is 2.24. The third-order valence-corrected chi connectivity index (χ3v) is 1.42. The van der Waals surface area contributed by atoms with Crippen molar-refractivity contribution in [2.24, 2.45) is 0 Å². The minimum absolute atomic E-state index is 0.100. The molecular weight excluding hydrogens is 131 g/mol. The zero-order valence-electron chi connectivity index (χ0n) is 5.76. The van der Waals surface area contributed by atoms with E-state index in [-0.39, 0.29) is 12.4 Å². The third kappa shape index (κ3) is 1.33. The van der Waals surface area contributed by atoms with E-state index in [9.17, 15) is 4.39 Å². The lowest BCUT2D eigenvalue weighted by Crippen LogP contribution is -1.86. The fourth-order valence-corrected chi connectivity index (χ4v) is 0.735. The van der Waals surface area contributed by atoms with Gasteiger partial charge in [0.1, 0.15) is 5.82 Å². The molecule has 0 atom stereocenters. The van der Waals surface area contributed by atoms with Gasteiger partial charge in [0.05, 0.1) is 6.61 Å². The molecule has 1 N–H and O–H groups in total. The predicted octanol–water partition coefficient (Wildman–Crippen LogP) is 1.63. The monoisotopic (exact) mass is 140 g/mol. The van der Waals surface area contributed by atoms with Gasteiger partial charge >= 0.3 is 0 Å². The van der Waals surface area contributed by atoms with Crippen molar-refractivity contribution >= 4 is 0 Å². The molecule has 0 amide bonds. The Morgan fingerprint density at radius 2 is 2.20 bits per heavy atom. The Bertz CT molecular complexity index is 233. The van der Waals surface area contributed by atoms with Gasteiger partial charge in [-0.2, -0.15) is 0 Å². The lowest BCUT2D eigenvalue weighted by molar-refractivity contribution is 0.281. The van der Waals surface area contributed by atoms with Gasteiger partial charge in [0.2, 0.25) is 0 Å². The van der Waals surface area contributed by atoms with E-state index in [2.05, 4.69) is 0 Å². The largest absolute Gasteiger partial charge is 0.392 e. The van der Waals surface area contributed by atoms with E-state index in [0.717, 1.165) is 0 Å². The third-order valence-electron chi connectivity index (χ3n) is 1.42. The second kappa shape index (κ2) is 2.80. The van der Waals surface area contributed by atoms with Crippen LogP contribution in [0.25, 0.3) is 0 Å². The minimum Gasteiger partial charge on any atom is -0.392 e. The lowest BCUT2D eigenvalue weighted by Gasteiger charge is -1.97. The highest BCUT2D eigenvalue weighted by Crippen LogP contribution is 2.08. The Morgan fingerprint density at radius 3 is 2.70 bits per heavy atom. The molecule has 2 heteroatoms. The summed E-state index contributed by atoms with van der Waals surface area (Å²) in [5.41, 5.74) is 1.22. The Labute approximate surface area is 59.1 Å². The smallest absolute Gasteiger partial charge is 0.126 e. The summed E-state index contributed by atoms with van der Waals surface area (Å²) < 4.78 is 12.7. The highest BCUT2D eigenvalue weighted by molar-refractivity contribution is 5.22. The summed E-state index contributed by atoms with van der Waals surface area (Å²) in [4.78, 5) is 0. The summed E-state index contributed by atoms with van der Waals surface area (Å²) in [6, 6.07) is 4.70. The summed E-state index contributed by atoms with van der Waals surface area (Å²) in [7, 11) is 0. The van der Waals surface area contributed by atoms with Crippen LogP contribution in [0.2, 0.25) is 0 Å². The molecule has 0 unspecified atom stereocenters. The Hall–Kier alpha value is -0.890. The zero-order chi connectivity index (χ0) is 7.56. The van der Waals surface area contributed by atoms with Crippen molar-refractivity contribution in [2.45, 2.75) is 13.5 Å². The molecule has 0 aliphatic carbocycles. The molecule has 0 saturated carbocycles. The summed E-state index contributed by atoms with van der Waals surface area (Å²) in [5, 5.41) is 8.59. The van der Waals surface area contributed by atoms with Crippen molar-refractivity contribution in [3.63, 3.8) is 0 Å². The molecule has 10 heavy (non-hydrogen) atoms. The van der Waals surface area contributed by atoms with Crippen molar-refractivity contribution in [1.29, 1.82) is 0 Å². The van der Waals surface area contributed by atoms with Crippen molar-refractivity contribution < 1.29 is 9.50 Å². The van der Waals surface area contributed by atoms with E-state index < -0.39 is 0 Å².